The van der Waals surface area contributed by atoms with Crippen molar-refractivity contribution in [1.29, 1.82) is 0 Å². The van der Waals surface area contributed by atoms with Crippen molar-refractivity contribution in [3.63, 3.8) is 0 Å². The average Bonchev–Trinajstić information content (AvgIpc) is 3.06. The molecule has 2 rings (SSSR count). The molecular formula is C18H25FN4O3S. The molecule has 27 heavy (non-hydrogen) atoms. The van der Waals surface area contributed by atoms with Gasteiger partial charge in [0.15, 0.2) is 21.6 Å². The second-order valence-corrected chi connectivity index (χ2v) is 8.31. The minimum Gasteiger partial charge on any atom is -0.359 e. The Kier molecular flexibility index (Phi) is 7.35. The molecule has 7 nitrogen and oxygen atoms in total. The summed E-state index contributed by atoms with van der Waals surface area (Å²) in [6.45, 7) is 5.11. The smallest absolute Gasteiger partial charge is 0.191 e. The van der Waals surface area contributed by atoms with Crippen molar-refractivity contribution >= 4 is 15.8 Å². The second-order valence-electron chi connectivity index (χ2n) is 6.17. The largest absolute Gasteiger partial charge is 0.359 e. The molecule has 0 spiro atoms. The minimum atomic E-state index is -3.23. The topological polar surface area (TPSA) is 96.6 Å². The molecule has 0 aliphatic rings. The Morgan fingerprint density at radius 3 is 2.63 bits per heavy atom. The first kappa shape index (κ1) is 20.9. The van der Waals surface area contributed by atoms with Crippen LogP contribution in [0.15, 0.2) is 33.8 Å². The highest BCUT2D eigenvalue weighted by Gasteiger charge is 2.11. The average molecular weight is 396 g/mol. The Balaban J connectivity index is 2.12. The number of halogens is 1. The fourth-order valence-corrected chi connectivity index (χ4v) is 3.29. The molecule has 2 N–H and O–H groups in total. The number of hydrogen-bond acceptors (Lipinski definition) is 5. The first-order chi connectivity index (χ1) is 12.8. The summed E-state index contributed by atoms with van der Waals surface area (Å²) < 4.78 is 42.0. The molecule has 0 radical (unpaired) electrons. The molecular weight excluding hydrogens is 371 g/mol. The standard InChI is InChI=1S/C18H25FN4O3S/c1-4-16-9-17(26-23-16)11-22-18(20-5-2)21-10-14-8-15(19)7-6-13(14)12-27(3,24)25/h6-9H,4-5,10-12H2,1-3H3,(H2,20,21,22). The number of benzene rings is 1. The van der Waals surface area contributed by atoms with Crippen molar-refractivity contribution in [3.8, 4) is 0 Å². The van der Waals surface area contributed by atoms with Crippen LogP contribution in [0.2, 0.25) is 0 Å². The Labute approximate surface area is 159 Å². The Bertz CT molecular complexity index is 894. The van der Waals surface area contributed by atoms with E-state index in [4.69, 9.17) is 4.52 Å². The fourth-order valence-electron chi connectivity index (χ4n) is 2.45. The highest BCUT2D eigenvalue weighted by Crippen LogP contribution is 2.15. The van der Waals surface area contributed by atoms with E-state index in [2.05, 4.69) is 20.8 Å². The molecule has 0 unspecified atom stereocenters. The van der Waals surface area contributed by atoms with Crippen molar-refractivity contribution in [2.75, 3.05) is 12.8 Å². The summed E-state index contributed by atoms with van der Waals surface area (Å²) in [5.41, 5.74) is 1.95. The summed E-state index contributed by atoms with van der Waals surface area (Å²) in [5, 5.41) is 10.1. The van der Waals surface area contributed by atoms with E-state index in [0.29, 0.717) is 35.9 Å². The third kappa shape index (κ3) is 7.01. The van der Waals surface area contributed by atoms with Gasteiger partial charge in [0.25, 0.3) is 0 Å². The van der Waals surface area contributed by atoms with Gasteiger partial charge >= 0.3 is 0 Å². The number of nitrogens with zero attached hydrogens (tertiary/aromatic N) is 2. The highest BCUT2D eigenvalue weighted by molar-refractivity contribution is 7.89. The Hall–Kier alpha value is -2.42. The van der Waals surface area contributed by atoms with E-state index in [-0.39, 0.29) is 12.3 Å². The van der Waals surface area contributed by atoms with Gasteiger partial charge in [-0.1, -0.05) is 18.1 Å². The number of guanidine groups is 1. The van der Waals surface area contributed by atoms with E-state index in [9.17, 15) is 12.8 Å². The lowest BCUT2D eigenvalue weighted by Crippen LogP contribution is -2.36. The molecule has 0 aliphatic heterocycles. The van der Waals surface area contributed by atoms with E-state index < -0.39 is 15.7 Å². The van der Waals surface area contributed by atoms with Gasteiger partial charge in [-0.25, -0.2) is 17.8 Å². The predicted molar refractivity (Wildman–Crippen MR) is 102 cm³/mol. The van der Waals surface area contributed by atoms with Gasteiger partial charge in [0, 0.05) is 18.9 Å². The quantitative estimate of drug-likeness (QED) is 0.524. The second kappa shape index (κ2) is 9.50. The summed E-state index contributed by atoms with van der Waals surface area (Å²) in [6.07, 6.45) is 1.94. The third-order valence-corrected chi connectivity index (χ3v) is 4.57. The maximum Gasteiger partial charge on any atom is 0.191 e. The first-order valence-electron chi connectivity index (χ1n) is 8.72. The molecule has 0 bridgehead atoms. The van der Waals surface area contributed by atoms with Crippen LogP contribution >= 0.6 is 0 Å². The normalized spacial score (nSPS) is 12.2. The van der Waals surface area contributed by atoms with Gasteiger partial charge < -0.3 is 15.2 Å². The molecule has 1 aromatic carbocycles. The molecule has 0 aliphatic carbocycles. The number of sulfone groups is 1. The number of hydrogen-bond donors (Lipinski definition) is 2. The lowest BCUT2D eigenvalue weighted by Gasteiger charge is -2.11. The maximum absolute atomic E-state index is 13.6. The van der Waals surface area contributed by atoms with Crippen LogP contribution in [-0.4, -0.2) is 32.3 Å². The van der Waals surface area contributed by atoms with Crippen LogP contribution in [0.25, 0.3) is 0 Å². The van der Waals surface area contributed by atoms with Gasteiger partial charge in [-0.15, -0.1) is 0 Å². The van der Waals surface area contributed by atoms with E-state index >= 15 is 0 Å². The molecule has 0 atom stereocenters. The molecule has 1 heterocycles. The number of rotatable bonds is 8. The monoisotopic (exact) mass is 396 g/mol. The summed E-state index contributed by atoms with van der Waals surface area (Å²) in [6, 6.07) is 5.93. The van der Waals surface area contributed by atoms with E-state index in [0.717, 1.165) is 18.4 Å². The minimum absolute atomic E-state index is 0.147. The van der Waals surface area contributed by atoms with Gasteiger partial charge in [0.1, 0.15) is 5.82 Å². The van der Waals surface area contributed by atoms with Crippen molar-refractivity contribution in [1.82, 2.24) is 15.8 Å². The van der Waals surface area contributed by atoms with E-state index in [1.807, 2.05) is 19.9 Å². The first-order valence-corrected chi connectivity index (χ1v) is 10.8. The molecule has 0 saturated carbocycles. The van der Waals surface area contributed by atoms with Crippen LogP contribution in [0.5, 0.6) is 0 Å². The molecule has 0 amide bonds. The fraction of sp³-hybridized carbons (Fsp3) is 0.444. The molecule has 9 heteroatoms. The van der Waals surface area contributed by atoms with Gasteiger partial charge in [-0.3, -0.25) is 0 Å². The van der Waals surface area contributed by atoms with E-state index in [1.165, 1.54) is 18.2 Å². The SMILES string of the molecule is CCNC(=NCc1cc(F)ccc1CS(C)(=O)=O)NCc1cc(CC)no1. The number of nitrogens with one attached hydrogen (secondary N) is 2. The summed E-state index contributed by atoms with van der Waals surface area (Å²) in [5.74, 6) is 0.617. The summed E-state index contributed by atoms with van der Waals surface area (Å²) in [4.78, 5) is 4.43. The maximum atomic E-state index is 13.6. The molecule has 2 aromatic rings. The highest BCUT2D eigenvalue weighted by atomic mass is 32.2. The van der Waals surface area contributed by atoms with Crippen molar-refractivity contribution in [3.05, 3.63) is 52.7 Å². The zero-order valence-electron chi connectivity index (χ0n) is 15.8. The predicted octanol–water partition coefficient (Wildman–Crippen LogP) is 2.18. The van der Waals surface area contributed by atoms with Crippen LogP contribution in [0.4, 0.5) is 4.39 Å². The lowest BCUT2D eigenvalue weighted by atomic mass is 10.1. The molecule has 0 fully saturated rings. The lowest BCUT2D eigenvalue weighted by molar-refractivity contribution is 0.374. The van der Waals surface area contributed by atoms with Crippen LogP contribution in [0.3, 0.4) is 0 Å². The van der Waals surface area contributed by atoms with E-state index in [1.54, 1.807) is 0 Å². The summed E-state index contributed by atoms with van der Waals surface area (Å²) in [7, 11) is -3.23. The molecule has 0 saturated heterocycles. The van der Waals surface area contributed by atoms with Crippen LogP contribution in [-0.2, 0) is 35.1 Å². The van der Waals surface area contributed by atoms with Crippen molar-refractivity contribution < 1.29 is 17.3 Å². The van der Waals surface area contributed by atoms with Crippen molar-refractivity contribution in [2.45, 2.75) is 39.1 Å². The molecule has 148 valence electrons. The van der Waals surface area contributed by atoms with Gasteiger partial charge in [-0.05, 0) is 36.6 Å². The van der Waals surface area contributed by atoms with Gasteiger partial charge in [0.2, 0.25) is 0 Å². The Morgan fingerprint density at radius 1 is 1.22 bits per heavy atom. The van der Waals surface area contributed by atoms with Gasteiger partial charge in [0.05, 0.1) is 24.5 Å². The number of aryl methyl sites for hydroxylation is 1. The molecule has 1 aromatic heterocycles. The van der Waals surface area contributed by atoms with Crippen LogP contribution < -0.4 is 10.6 Å². The third-order valence-electron chi connectivity index (χ3n) is 3.74. The van der Waals surface area contributed by atoms with Crippen molar-refractivity contribution in [2.24, 2.45) is 4.99 Å². The number of aliphatic imine (C=N–C) groups is 1. The van der Waals surface area contributed by atoms with Crippen LogP contribution in [0.1, 0.15) is 36.4 Å². The summed E-state index contributed by atoms with van der Waals surface area (Å²) >= 11 is 0. The zero-order chi connectivity index (χ0) is 19.9. The number of aromatic nitrogens is 1. The Morgan fingerprint density at radius 2 is 2.00 bits per heavy atom. The van der Waals surface area contributed by atoms with Gasteiger partial charge in [-0.2, -0.15) is 0 Å². The zero-order valence-corrected chi connectivity index (χ0v) is 16.6. The van der Waals surface area contributed by atoms with Crippen LogP contribution in [0, 0.1) is 5.82 Å².